The van der Waals surface area contributed by atoms with Gasteiger partial charge >= 0.3 is 0 Å². The van der Waals surface area contributed by atoms with Gasteiger partial charge < -0.3 is 0 Å². The fraction of sp³-hybridized carbons (Fsp3) is 0.545. The third kappa shape index (κ3) is 3.22. The third-order valence-electron chi connectivity index (χ3n) is 3.02. The maximum absolute atomic E-state index is 5.95. The zero-order chi connectivity index (χ0) is 13.1. The van der Waals surface area contributed by atoms with E-state index in [4.69, 9.17) is 11.6 Å². The summed E-state index contributed by atoms with van der Waals surface area (Å²) in [5.74, 6) is 0.413. The zero-order valence-electron chi connectivity index (χ0n) is 10.2. The summed E-state index contributed by atoms with van der Waals surface area (Å²) in [5.41, 5.74) is 0. The summed E-state index contributed by atoms with van der Waals surface area (Å²) >= 11 is 7.63. The lowest BCUT2D eigenvalue weighted by molar-refractivity contribution is 0.515. The normalized spacial score (nSPS) is 16.7. The molecular formula is C11H13ClN6S. The Labute approximate surface area is 120 Å². The monoisotopic (exact) mass is 296 g/mol. The van der Waals surface area contributed by atoms with Crippen molar-refractivity contribution in [2.45, 2.75) is 42.5 Å². The van der Waals surface area contributed by atoms with Gasteiger partial charge in [0.2, 0.25) is 5.28 Å². The summed E-state index contributed by atoms with van der Waals surface area (Å²) in [5, 5.41) is 5.44. The van der Waals surface area contributed by atoms with Crippen molar-refractivity contribution in [3.63, 3.8) is 0 Å². The predicted molar refractivity (Wildman–Crippen MR) is 72.5 cm³/mol. The largest absolute Gasteiger partial charge is 0.257 e. The molecule has 0 saturated heterocycles. The summed E-state index contributed by atoms with van der Waals surface area (Å²) in [6.45, 7) is 0. The van der Waals surface area contributed by atoms with E-state index in [9.17, 15) is 0 Å². The molecule has 1 saturated carbocycles. The number of thioether (sulfide) groups is 1. The van der Waals surface area contributed by atoms with E-state index in [1.807, 2.05) is 0 Å². The van der Waals surface area contributed by atoms with Crippen LogP contribution < -0.4 is 0 Å². The molecule has 0 N–H and O–H groups in total. The van der Waals surface area contributed by atoms with Gasteiger partial charge in [-0.2, -0.15) is 24.7 Å². The van der Waals surface area contributed by atoms with Crippen molar-refractivity contribution in [3.8, 4) is 5.95 Å². The summed E-state index contributed by atoms with van der Waals surface area (Å²) in [7, 11) is 0. The Balaban J connectivity index is 1.81. The number of hydrogen-bond acceptors (Lipinski definition) is 6. The second kappa shape index (κ2) is 5.83. The lowest BCUT2D eigenvalue weighted by atomic mass is 10.0. The molecular weight excluding hydrogens is 284 g/mol. The first-order valence-electron chi connectivity index (χ1n) is 6.24. The number of halogens is 1. The number of rotatable bonds is 3. The first-order chi connectivity index (χ1) is 9.31. The number of hydrogen-bond donors (Lipinski definition) is 0. The highest BCUT2D eigenvalue weighted by atomic mass is 35.5. The highest BCUT2D eigenvalue weighted by Gasteiger charge is 2.17. The van der Waals surface area contributed by atoms with Gasteiger partial charge in [-0.05, 0) is 24.4 Å². The van der Waals surface area contributed by atoms with Gasteiger partial charge in [0.15, 0.2) is 5.16 Å². The summed E-state index contributed by atoms with van der Waals surface area (Å²) in [6, 6.07) is 0. The Kier molecular flexibility index (Phi) is 3.93. The van der Waals surface area contributed by atoms with Crippen LogP contribution in [0.25, 0.3) is 5.95 Å². The minimum Gasteiger partial charge on any atom is -0.223 e. The molecule has 1 aliphatic rings. The number of nitrogens with zero attached hydrogens (tertiary/aromatic N) is 6. The van der Waals surface area contributed by atoms with Crippen LogP contribution in [0.4, 0.5) is 0 Å². The highest BCUT2D eigenvalue weighted by molar-refractivity contribution is 7.99. The van der Waals surface area contributed by atoms with Crippen LogP contribution in [0.3, 0.4) is 0 Å². The molecule has 0 bridgehead atoms. The molecule has 100 valence electrons. The summed E-state index contributed by atoms with van der Waals surface area (Å²) in [4.78, 5) is 16.5. The topological polar surface area (TPSA) is 69.4 Å². The van der Waals surface area contributed by atoms with Crippen molar-refractivity contribution >= 4 is 23.4 Å². The van der Waals surface area contributed by atoms with E-state index in [2.05, 4.69) is 25.0 Å². The third-order valence-corrected chi connectivity index (χ3v) is 4.39. The molecule has 0 amide bonds. The Hall–Kier alpha value is -1.21. The maximum Gasteiger partial charge on any atom is 0.257 e. The molecule has 3 rings (SSSR count). The summed E-state index contributed by atoms with van der Waals surface area (Å²) in [6.07, 6.45) is 9.31. The fourth-order valence-electron chi connectivity index (χ4n) is 2.12. The fourth-order valence-corrected chi connectivity index (χ4v) is 3.47. The molecule has 0 unspecified atom stereocenters. The van der Waals surface area contributed by atoms with Crippen LogP contribution in [0.15, 0.2) is 17.8 Å². The van der Waals surface area contributed by atoms with Crippen molar-refractivity contribution in [2.24, 2.45) is 0 Å². The Morgan fingerprint density at radius 3 is 2.74 bits per heavy atom. The molecule has 2 heterocycles. The van der Waals surface area contributed by atoms with Crippen molar-refractivity contribution in [3.05, 3.63) is 17.9 Å². The average molecular weight is 297 g/mol. The standard InChI is InChI=1S/C11H13ClN6S/c12-9-15-10(18-7-13-6-14-18)17-11(16-9)19-8-4-2-1-3-5-8/h6-8H,1-5H2. The van der Waals surface area contributed by atoms with Gasteiger partial charge in [-0.25, -0.2) is 4.98 Å². The molecule has 19 heavy (non-hydrogen) atoms. The number of aromatic nitrogens is 6. The predicted octanol–water partition coefficient (Wildman–Crippen LogP) is 2.53. The van der Waals surface area contributed by atoms with Gasteiger partial charge in [-0.1, -0.05) is 31.0 Å². The first-order valence-corrected chi connectivity index (χ1v) is 7.50. The van der Waals surface area contributed by atoms with Gasteiger partial charge in [0.05, 0.1) is 0 Å². The zero-order valence-corrected chi connectivity index (χ0v) is 11.8. The van der Waals surface area contributed by atoms with E-state index in [1.54, 1.807) is 18.1 Å². The van der Waals surface area contributed by atoms with E-state index >= 15 is 0 Å². The SMILES string of the molecule is Clc1nc(SC2CCCCC2)nc(-n2cncn2)n1. The molecule has 1 aliphatic carbocycles. The second-order valence-corrected chi connectivity index (χ2v) is 6.01. The van der Waals surface area contributed by atoms with E-state index in [-0.39, 0.29) is 5.28 Å². The molecule has 2 aromatic rings. The molecule has 0 aromatic carbocycles. The van der Waals surface area contributed by atoms with Gasteiger partial charge in [0.1, 0.15) is 12.7 Å². The van der Waals surface area contributed by atoms with Crippen LogP contribution in [0.2, 0.25) is 5.28 Å². The van der Waals surface area contributed by atoms with E-state index < -0.39 is 0 Å². The van der Waals surface area contributed by atoms with Crippen molar-refractivity contribution in [1.29, 1.82) is 0 Å². The van der Waals surface area contributed by atoms with Gasteiger partial charge in [-0.15, -0.1) is 0 Å². The minimum atomic E-state index is 0.193. The Morgan fingerprint density at radius 1 is 1.16 bits per heavy atom. The second-order valence-electron chi connectivity index (χ2n) is 4.40. The van der Waals surface area contributed by atoms with Gasteiger partial charge in [0, 0.05) is 5.25 Å². The van der Waals surface area contributed by atoms with Crippen molar-refractivity contribution in [1.82, 2.24) is 29.7 Å². The van der Waals surface area contributed by atoms with Crippen molar-refractivity contribution < 1.29 is 0 Å². The molecule has 0 aliphatic heterocycles. The van der Waals surface area contributed by atoms with Crippen LogP contribution in [0.1, 0.15) is 32.1 Å². The van der Waals surface area contributed by atoms with Crippen LogP contribution in [-0.2, 0) is 0 Å². The Morgan fingerprint density at radius 2 is 2.00 bits per heavy atom. The van der Waals surface area contributed by atoms with Gasteiger partial charge in [0.25, 0.3) is 5.95 Å². The van der Waals surface area contributed by atoms with Gasteiger partial charge in [-0.3, -0.25) is 0 Å². The smallest absolute Gasteiger partial charge is 0.223 e. The average Bonchev–Trinajstić information content (AvgIpc) is 2.93. The maximum atomic E-state index is 5.95. The molecule has 8 heteroatoms. The molecule has 0 radical (unpaired) electrons. The lowest BCUT2D eigenvalue weighted by Gasteiger charge is -2.19. The van der Waals surface area contributed by atoms with Crippen LogP contribution in [0.5, 0.6) is 0 Å². The molecule has 0 atom stereocenters. The molecule has 2 aromatic heterocycles. The lowest BCUT2D eigenvalue weighted by Crippen LogP contribution is -2.10. The van der Waals surface area contributed by atoms with E-state index in [1.165, 1.54) is 43.1 Å². The van der Waals surface area contributed by atoms with E-state index in [0.29, 0.717) is 16.4 Å². The first kappa shape index (κ1) is 12.8. The Bertz CT molecular complexity index is 540. The van der Waals surface area contributed by atoms with E-state index in [0.717, 1.165) is 0 Å². The minimum absolute atomic E-state index is 0.193. The molecule has 1 fully saturated rings. The molecule has 0 spiro atoms. The van der Waals surface area contributed by atoms with Crippen LogP contribution >= 0.6 is 23.4 Å². The van der Waals surface area contributed by atoms with Crippen molar-refractivity contribution in [2.75, 3.05) is 0 Å². The molecule has 6 nitrogen and oxygen atoms in total. The quantitative estimate of drug-likeness (QED) is 0.867. The van der Waals surface area contributed by atoms with Crippen LogP contribution in [-0.4, -0.2) is 35.0 Å². The summed E-state index contributed by atoms with van der Waals surface area (Å²) < 4.78 is 1.48. The highest BCUT2D eigenvalue weighted by Crippen LogP contribution is 2.32. The van der Waals surface area contributed by atoms with Crippen LogP contribution in [0, 0.1) is 0 Å².